The Labute approximate surface area is 174 Å². The molecule has 2 aromatic carbocycles. The van der Waals surface area contributed by atoms with Crippen molar-refractivity contribution >= 4 is 35.0 Å². The van der Waals surface area contributed by atoms with Crippen LogP contribution in [0.4, 0.5) is 18.9 Å². The van der Waals surface area contributed by atoms with Crippen molar-refractivity contribution in [3.63, 3.8) is 0 Å². The minimum atomic E-state index is -4.62. The summed E-state index contributed by atoms with van der Waals surface area (Å²) in [5.74, 6) is -0.715. The molecule has 0 bridgehead atoms. The van der Waals surface area contributed by atoms with E-state index in [4.69, 9.17) is 11.6 Å². The molecule has 0 atom stereocenters. The molecule has 29 heavy (non-hydrogen) atoms. The normalized spacial score (nSPS) is 11.5. The quantitative estimate of drug-likeness (QED) is 0.483. The molecule has 0 aliphatic heterocycles. The van der Waals surface area contributed by atoms with E-state index in [0.717, 1.165) is 34.8 Å². The number of anilines is 1. The predicted octanol–water partition coefficient (Wildman–Crippen LogP) is 5.71. The van der Waals surface area contributed by atoms with Gasteiger partial charge in [0.1, 0.15) is 0 Å². The van der Waals surface area contributed by atoms with Crippen molar-refractivity contribution in [2.45, 2.75) is 24.7 Å². The van der Waals surface area contributed by atoms with Gasteiger partial charge in [-0.25, -0.2) is 4.98 Å². The number of thioether (sulfide) groups is 1. The number of halogens is 4. The number of hydrogen-bond donors (Lipinski definition) is 2. The summed E-state index contributed by atoms with van der Waals surface area (Å²) < 4.78 is 39.4. The number of aromatic nitrogens is 2. The number of aryl methyl sites for hydroxylation is 1. The maximum atomic E-state index is 13.1. The average molecular weight is 440 g/mol. The number of amides is 1. The lowest BCUT2D eigenvalue weighted by Gasteiger charge is -2.14. The van der Waals surface area contributed by atoms with Crippen LogP contribution < -0.4 is 5.32 Å². The van der Waals surface area contributed by atoms with Crippen molar-refractivity contribution in [2.24, 2.45) is 0 Å². The average Bonchev–Trinajstić information content (AvgIpc) is 3.01. The number of imidazole rings is 1. The van der Waals surface area contributed by atoms with Crippen LogP contribution in [0.2, 0.25) is 5.02 Å². The van der Waals surface area contributed by atoms with Crippen molar-refractivity contribution in [1.82, 2.24) is 9.97 Å². The standard InChI is InChI=1S/C20H17ClF3N3OS/c1-12-16(10-13-6-3-2-4-7-13)26-19(25-12)29-11-17(28)27-18-14(20(22,23)24)8-5-9-15(18)21/h2-9H,10-11H2,1H3,(H,25,26)(H,27,28). The van der Waals surface area contributed by atoms with Crippen LogP contribution in [0.15, 0.2) is 53.7 Å². The zero-order chi connectivity index (χ0) is 21.0. The van der Waals surface area contributed by atoms with E-state index in [0.29, 0.717) is 11.6 Å². The molecule has 152 valence electrons. The number of alkyl halides is 3. The number of aromatic amines is 1. The summed E-state index contributed by atoms with van der Waals surface area (Å²) >= 11 is 6.97. The van der Waals surface area contributed by atoms with Gasteiger partial charge in [-0.3, -0.25) is 4.79 Å². The van der Waals surface area contributed by atoms with Gasteiger partial charge in [0.2, 0.25) is 5.91 Å². The summed E-state index contributed by atoms with van der Waals surface area (Å²) in [6.45, 7) is 1.88. The second-order valence-corrected chi connectivity index (χ2v) is 7.64. The Morgan fingerprint density at radius 3 is 2.59 bits per heavy atom. The summed E-state index contributed by atoms with van der Waals surface area (Å²) in [4.78, 5) is 19.8. The zero-order valence-corrected chi connectivity index (χ0v) is 16.9. The summed E-state index contributed by atoms with van der Waals surface area (Å²) in [5.41, 5.74) is 1.41. The molecule has 1 aromatic heterocycles. The lowest BCUT2D eigenvalue weighted by atomic mass is 10.1. The van der Waals surface area contributed by atoms with Gasteiger partial charge in [0, 0.05) is 12.1 Å². The monoisotopic (exact) mass is 439 g/mol. The fraction of sp³-hybridized carbons (Fsp3) is 0.200. The minimum absolute atomic E-state index is 0.111. The second-order valence-electron chi connectivity index (χ2n) is 6.27. The highest BCUT2D eigenvalue weighted by molar-refractivity contribution is 7.99. The molecule has 3 rings (SSSR count). The van der Waals surface area contributed by atoms with Gasteiger partial charge in [-0.15, -0.1) is 0 Å². The first-order valence-corrected chi connectivity index (χ1v) is 9.98. The van der Waals surface area contributed by atoms with E-state index in [1.807, 2.05) is 37.3 Å². The Morgan fingerprint density at radius 1 is 1.17 bits per heavy atom. The minimum Gasteiger partial charge on any atom is -0.337 e. The molecular weight excluding hydrogens is 423 g/mol. The van der Waals surface area contributed by atoms with E-state index < -0.39 is 23.3 Å². The van der Waals surface area contributed by atoms with Gasteiger partial charge in [0.05, 0.1) is 27.7 Å². The molecule has 4 nitrogen and oxygen atoms in total. The van der Waals surface area contributed by atoms with Crippen molar-refractivity contribution in [3.05, 3.63) is 76.1 Å². The Balaban J connectivity index is 1.64. The number of carbonyl (C=O) groups excluding carboxylic acids is 1. The number of nitrogens with zero attached hydrogens (tertiary/aromatic N) is 1. The SMILES string of the molecule is Cc1[nH]c(SCC(=O)Nc2c(Cl)cccc2C(F)(F)F)nc1Cc1ccccc1. The third-order valence-electron chi connectivity index (χ3n) is 4.10. The molecule has 0 fully saturated rings. The molecule has 1 amide bonds. The predicted molar refractivity (Wildman–Crippen MR) is 108 cm³/mol. The van der Waals surface area contributed by atoms with Crippen molar-refractivity contribution < 1.29 is 18.0 Å². The Bertz CT molecular complexity index is 1010. The van der Waals surface area contributed by atoms with Crippen LogP contribution in [0.1, 0.15) is 22.5 Å². The van der Waals surface area contributed by atoms with Crippen molar-refractivity contribution in [3.8, 4) is 0 Å². The molecule has 0 aliphatic rings. The molecule has 9 heteroatoms. The van der Waals surface area contributed by atoms with Crippen LogP contribution in [0.25, 0.3) is 0 Å². The highest BCUT2D eigenvalue weighted by Crippen LogP contribution is 2.38. The molecule has 0 saturated carbocycles. The number of H-pyrrole nitrogens is 1. The Hall–Kier alpha value is -2.45. The Morgan fingerprint density at radius 2 is 1.90 bits per heavy atom. The van der Waals surface area contributed by atoms with Gasteiger partial charge in [-0.1, -0.05) is 59.8 Å². The maximum Gasteiger partial charge on any atom is 0.418 e. The number of rotatable bonds is 6. The molecule has 0 unspecified atom stereocenters. The summed E-state index contributed by atoms with van der Waals surface area (Å²) in [5, 5.41) is 2.62. The second kappa shape index (κ2) is 8.92. The van der Waals surface area contributed by atoms with Crippen LogP contribution >= 0.6 is 23.4 Å². The van der Waals surface area contributed by atoms with Crippen molar-refractivity contribution in [1.29, 1.82) is 0 Å². The molecular formula is C20H17ClF3N3OS. The number of carbonyl (C=O) groups is 1. The number of benzene rings is 2. The topological polar surface area (TPSA) is 57.8 Å². The van der Waals surface area contributed by atoms with Crippen LogP contribution in [0, 0.1) is 6.92 Å². The molecule has 0 saturated heterocycles. The van der Waals surface area contributed by atoms with Gasteiger partial charge in [-0.2, -0.15) is 13.2 Å². The molecule has 3 aromatic rings. The third-order valence-corrected chi connectivity index (χ3v) is 5.29. The zero-order valence-electron chi connectivity index (χ0n) is 15.3. The molecule has 0 radical (unpaired) electrons. The van der Waals surface area contributed by atoms with Gasteiger partial charge in [0.15, 0.2) is 5.16 Å². The lowest BCUT2D eigenvalue weighted by Crippen LogP contribution is -2.18. The van der Waals surface area contributed by atoms with E-state index in [1.54, 1.807) is 0 Å². The van der Waals surface area contributed by atoms with Crippen molar-refractivity contribution in [2.75, 3.05) is 11.1 Å². The first kappa shape index (κ1) is 21.3. The van der Waals surface area contributed by atoms with E-state index in [2.05, 4.69) is 15.3 Å². The first-order chi connectivity index (χ1) is 13.7. The molecule has 0 aliphatic carbocycles. The van der Waals surface area contributed by atoms with Crippen LogP contribution in [0.3, 0.4) is 0 Å². The highest BCUT2D eigenvalue weighted by Gasteiger charge is 2.34. The summed E-state index contributed by atoms with van der Waals surface area (Å²) in [7, 11) is 0. The molecule has 0 spiro atoms. The van der Waals surface area contributed by atoms with Gasteiger partial charge >= 0.3 is 6.18 Å². The van der Waals surface area contributed by atoms with E-state index in [9.17, 15) is 18.0 Å². The first-order valence-electron chi connectivity index (χ1n) is 8.62. The molecule has 2 N–H and O–H groups in total. The van der Waals surface area contributed by atoms with Gasteiger partial charge < -0.3 is 10.3 Å². The summed E-state index contributed by atoms with van der Waals surface area (Å²) in [6.07, 6.45) is -3.98. The highest BCUT2D eigenvalue weighted by atomic mass is 35.5. The van der Waals surface area contributed by atoms with Crippen LogP contribution in [-0.2, 0) is 17.4 Å². The fourth-order valence-corrected chi connectivity index (χ4v) is 3.66. The lowest BCUT2D eigenvalue weighted by molar-refractivity contribution is -0.137. The Kier molecular flexibility index (Phi) is 6.54. The van der Waals surface area contributed by atoms with Gasteiger partial charge in [0.25, 0.3) is 0 Å². The van der Waals surface area contributed by atoms with E-state index in [1.165, 1.54) is 12.1 Å². The smallest absolute Gasteiger partial charge is 0.337 e. The fourth-order valence-electron chi connectivity index (χ4n) is 2.69. The summed E-state index contributed by atoms with van der Waals surface area (Å²) in [6, 6.07) is 13.2. The number of para-hydroxylation sites is 1. The van der Waals surface area contributed by atoms with E-state index >= 15 is 0 Å². The van der Waals surface area contributed by atoms with Gasteiger partial charge in [-0.05, 0) is 24.6 Å². The maximum absolute atomic E-state index is 13.1. The third kappa shape index (κ3) is 5.55. The molecule has 1 heterocycles. The van der Waals surface area contributed by atoms with Crippen LogP contribution in [-0.4, -0.2) is 21.6 Å². The largest absolute Gasteiger partial charge is 0.418 e. The number of nitrogens with one attached hydrogen (secondary N) is 2. The van der Waals surface area contributed by atoms with Crippen LogP contribution in [0.5, 0.6) is 0 Å². The van der Waals surface area contributed by atoms with E-state index in [-0.39, 0.29) is 10.8 Å². The number of hydrogen-bond acceptors (Lipinski definition) is 3.